The summed E-state index contributed by atoms with van der Waals surface area (Å²) < 4.78 is 0. The summed E-state index contributed by atoms with van der Waals surface area (Å²) in [5.41, 5.74) is 2.29. The van der Waals surface area contributed by atoms with Gasteiger partial charge in [0.2, 0.25) is 5.91 Å². The number of likely N-dealkylation sites (N-methyl/N-ethyl adjacent to an activating group) is 1. The fraction of sp³-hybridized carbons (Fsp3) is 0.600. The first kappa shape index (κ1) is 14.9. The Kier molecular flexibility index (Phi) is 5.09. The van der Waals surface area contributed by atoms with Crippen LogP contribution in [0.5, 0.6) is 0 Å². The van der Waals surface area contributed by atoms with Crippen LogP contribution in [0, 0.1) is 6.92 Å². The number of rotatable bonds is 4. The van der Waals surface area contributed by atoms with Gasteiger partial charge in [0.25, 0.3) is 0 Å². The smallest absolute Gasteiger partial charge is 0.236 e. The van der Waals surface area contributed by atoms with E-state index in [0.717, 1.165) is 38.4 Å². The summed E-state index contributed by atoms with van der Waals surface area (Å²) in [6.07, 6.45) is 1.94. The number of piperazine rings is 1. The number of carbonyl (C=O) groups is 1. The van der Waals surface area contributed by atoms with Crippen LogP contribution in [-0.4, -0.2) is 72.4 Å². The van der Waals surface area contributed by atoms with Gasteiger partial charge in [0, 0.05) is 44.6 Å². The van der Waals surface area contributed by atoms with E-state index in [2.05, 4.69) is 16.0 Å². The van der Waals surface area contributed by atoms with Crippen molar-refractivity contribution >= 4 is 5.91 Å². The number of carbonyl (C=O) groups excluding carboxylic acids is 1. The third kappa shape index (κ3) is 4.28. The fourth-order valence-electron chi connectivity index (χ4n) is 2.38. The molecular weight excluding hydrogens is 252 g/mol. The highest BCUT2D eigenvalue weighted by Crippen LogP contribution is 2.08. The van der Waals surface area contributed by atoms with Crippen molar-refractivity contribution < 1.29 is 4.79 Å². The molecule has 1 amide bonds. The van der Waals surface area contributed by atoms with E-state index in [9.17, 15) is 4.79 Å². The van der Waals surface area contributed by atoms with E-state index in [1.165, 1.54) is 5.56 Å². The summed E-state index contributed by atoms with van der Waals surface area (Å²) in [4.78, 5) is 22.6. The highest BCUT2D eigenvalue weighted by Gasteiger charge is 2.21. The van der Waals surface area contributed by atoms with Crippen LogP contribution in [0.25, 0.3) is 0 Å². The largest absolute Gasteiger partial charge is 0.339 e. The van der Waals surface area contributed by atoms with Crippen LogP contribution in [-0.2, 0) is 11.3 Å². The second kappa shape index (κ2) is 6.81. The molecule has 0 aliphatic carbocycles. The van der Waals surface area contributed by atoms with E-state index in [0.29, 0.717) is 6.54 Å². The number of pyridine rings is 1. The maximum atomic E-state index is 12.0. The molecule has 0 radical (unpaired) electrons. The van der Waals surface area contributed by atoms with Crippen LogP contribution in [0.3, 0.4) is 0 Å². The zero-order chi connectivity index (χ0) is 14.5. The molecule has 1 aliphatic heterocycles. The van der Waals surface area contributed by atoms with E-state index < -0.39 is 0 Å². The normalized spacial score (nSPS) is 16.7. The molecule has 0 bridgehead atoms. The molecule has 0 unspecified atom stereocenters. The first-order valence-corrected chi connectivity index (χ1v) is 7.11. The number of nitrogens with zero attached hydrogens (tertiary/aromatic N) is 4. The Morgan fingerprint density at radius 1 is 1.25 bits per heavy atom. The fourth-order valence-corrected chi connectivity index (χ4v) is 2.38. The summed E-state index contributed by atoms with van der Waals surface area (Å²) in [6, 6.07) is 4.18. The molecule has 5 nitrogen and oxygen atoms in total. The van der Waals surface area contributed by atoms with Gasteiger partial charge in [-0.05, 0) is 32.6 Å². The molecule has 0 spiro atoms. The zero-order valence-corrected chi connectivity index (χ0v) is 12.7. The number of aryl methyl sites for hydroxylation is 1. The van der Waals surface area contributed by atoms with Crippen molar-refractivity contribution in [3.63, 3.8) is 0 Å². The van der Waals surface area contributed by atoms with Gasteiger partial charge in [-0.3, -0.25) is 14.7 Å². The molecule has 2 heterocycles. The van der Waals surface area contributed by atoms with E-state index in [1.54, 1.807) is 0 Å². The van der Waals surface area contributed by atoms with Crippen molar-refractivity contribution in [1.82, 2.24) is 19.7 Å². The van der Waals surface area contributed by atoms with E-state index >= 15 is 0 Å². The van der Waals surface area contributed by atoms with Gasteiger partial charge in [0.15, 0.2) is 0 Å². The lowest BCUT2D eigenvalue weighted by molar-refractivity contribution is -0.133. The number of hydrogen-bond acceptors (Lipinski definition) is 4. The van der Waals surface area contributed by atoms with Gasteiger partial charge in [0.1, 0.15) is 0 Å². The summed E-state index contributed by atoms with van der Waals surface area (Å²) in [6.45, 7) is 6.95. The quantitative estimate of drug-likeness (QED) is 0.807. The molecule has 20 heavy (non-hydrogen) atoms. The standard InChI is InChI=1S/C15H24N4O/c1-13-4-5-14(10-16-13)11-18-6-8-19(9-7-18)15(20)12-17(2)3/h4-5,10H,6-9,11-12H2,1-3H3. The van der Waals surface area contributed by atoms with Crippen LogP contribution in [0.1, 0.15) is 11.3 Å². The lowest BCUT2D eigenvalue weighted by atomic mass is 10.2. The van der Waals surface area contributed by atoms with Gasteiger partial charge >= 0.3 is 0 Å². The Hall–Kier alpha value is -1.46. The molecule has 0 aromatic carbocycles. The van der Waals surface area contributed by atoms with Crippen molar-refractivity contribution in [1.29, 1.82) is 0 Å². The second-order valence-corrected chi connectivity index (χ2v) is 5.70. The van der Waals surface area contributed by atoms with E-state index in [-0.39, 0.29) is 5.91 Å². The molecule has 5 heteroatoms. The Bertz CT molecular complexity index is 436. The van der Waals surface area contributed by atoms with Crippen molar-refractivity contribution in [2.45, 2.75) is 13.5 Å². The van der Waals surface area contributed by atoms with Crippen LogP contribution >= 0.6 is 0 Å². The minimum absolute atomic E-state index is 0.228. The van der Waals surface area contributed by atoms with Crippen molar-refractivity contribution in [3.05, 3.63) is 29.6 Å². The molecule has 1 aromatic rings. The molecule has 1 saturated heterocycles. The maximum Gasteiger partial charge on any atom is 0.236 e. The van der Waals surface area contributed by atoms with Crippen LogP contribution < -0.4 is 0 Å². The van der Waals surface area contributed by atoms with Crippen molar-refractivity contribution in [3.8, 4) is 0 Å². The summed E-state index contributed by atoms with van der Waals surface area (Å²) in [7, 11) is 3.86. The number of amides is 1. The molecule has 1 aliphatic rings. The second-order valence-electron chi connectivity index (χ2n) is 5.70. The molecule has 0 atom stereocenters. The zero-order valence-electron chi connectivity index (χ0n) is 12.7. The van der Waals surface area contributed by atoms with Gasteiger partial charge in [0.05, 0.1) is 6.54 Å². The van der Waals surface area contributed by atoms with Gasteiger partial charge in [-0.25, -0.2) is 0 Å². The van der Waals surface area contributed by atoms with E-state index in [4.69, 9.17) is 0 Å². The van der Waals surface area contributed by atoms with Crippen molar-refractivity contribution in [2.75, 3.05) is 46.8 Å². The summed E-state index contributed by atoms with van der Waals surface area (Å²) >= 11 is 0. The highest BCUT2D eigenvalue weighted by atomic mass is 16.2. The molecule has 1 aromatic heterocycles. The molecule has 2 rings (SSSR count). The molecule has 110 valence electrons. The Balaban J connectivity index is 1.79. The monoisotopic (exact) mass is 276 g/mol. The third-order valence-electron chi connectivity index (χ3n) is 3.56. The van der Waals surface area contributed by atoms with Crippen LogP contribution in [0.2, 0.25) is 0 Å². The minimum atomic E-state index is 0.228. The van der Waals surface area contributed by atoms with Gasteiger partial charge < -0.3 is 9.80 Å². The lowest BCUT2D eigenvalue weighted by Gasteiger charge is -2.35. The molecular formula is C15H24N4O. The van der Waals surface area contributed by atoms with Gasteiger partial charge in [-0.15, -0.1) is 0 Å². The van der Waals surface area contributed by atoms with Crippen LogP contribution in [0.15, 0.2) is 18.3 Å². The SMILES string of the molecule is Cc1ccc(CN2CCN(C(=O)CN(C)C)CC2)cn1. The third-order valence-corrected chi connectivity index (χ3v) is 3.56. The predicted octanol–water partition coefficient (Wildman–Crippen LogP) is 0.596. The predicted molar refractivity (Wildman–Crippen MR) is 79.4 cm³/mol. The average molecular weight is 276 g/mol. The number of hydrogen-bond donors (Lipinski definition) is 0. The highest BCUT2D eigenvalue weighted by molar-refractivity contribution is 5.78. The Labute approximate surface area is 121 Å². The van der Waals surface area contributed by atoms with Gasteiger partial charge in [-0.1, -0.05) is 6.07 Å². The average Bonchev–Trinajstić information content (AvgIpc) is 2.41. The van der Waals surface area contributed by atoms with Crippen molar-refractivity contribution in [2.24, 2.45) is 0 Å². The molecule has 0 N–H and O–H groups in total. The number of aromatic nitrogens is 1. The topological polar surface area (TPSA) is 39.7 Å². The summed E-state index contributed by atoms with van der Waals surface area (Å²) in [5.74, 6) is 0.228. The van der Waals surface area contributed by atoms with Gasteiger partial charge in [-0.2, -0.15) is 0 Å². The Morgan fingerprint density at radius 2 is 1.95 bits per heavy atom. The lowest BCUT2D eigenvalue weighted by Crippen LogP contribution is -2.50. The maximum absolute atomic E-state index is 12.0. The first-order chi connectivity index (χ1) is 9.54. The summed E-state index contributed by atoms with van der Waals surface area (Å²) in [5, 5.41) is 0. The Morgan fingerprint density at radius 3 is 2.50 bits per heavy atom. The van der Waals surface area contributed by atoms with Crippen LogP contribution in [0.4, 0.5) is 0 Å². The molecule has 0 saturated carbocycles. The first-order valence-electron chi connectivity index (χ1n) is 7.11. The molecule has 1 fully saturated rings. The van der Waals surface area contributed by atoms with E-state index in [1.807, 2.05) is 43.1 Å². The minimum Gasteiger partial charge on any atom is -0.339 e.